The van der Waals surface area contributed by atoms with Crippen molar-refractivity contribution in [2.45, 2.75) is 329 Å². The van der Waals surface area contributed by atoms with Crippen molar-refractivity contribution in [3.8, 4) is 0 Å². The molecule has 0 bridgehead atoms. The highest BCUT2D eigenvalue weighted by Crippen LogP contribution is 2.18. The van der Waals surface area contributed by atoms with E-state index in [2.05, 4.69) is 27.7 Å². The molecule has 0 spiro atoms. The van der Waals surface area contributed by atoms with Crippen molar-refractivity contribution >= 4 is 17.9 Å². The molecule has 63 heavy (non-hydrogen) atoms. The maximum absolute atomic E-state index is 12.8. The van der Waals surface area contributed by atoms with Gasteiger partial charge < -0.3 is 14.2 Å². The van der Waals surface area contributed by atoms with Crippen molar-refractivity contribution in [1.82, 2.24) is 0 Å². The topological polar surface area (TPSA) is 78.9 Å². The van der Waals surface area contributed by atoms with Crippen LogP contribution in [0.2, 0.25) is 0 Å². The lowest BCUT2D eigenvalue weighted by Crippen LogP contribution is -2.30. The Bertz CT molecular complexity index is 949. The Morgan fingerprint density at radius 3 is 0.778 bits per heavy atom. The van der Waals surface area contributed by atoms with Gasteiger partial charge in [0.25, 0.3) is 0 Å². The Kier molecular flexibility index (Phi) is 50.1. The number of rotatable bonds is 52. The molecule has 0 aliphatic carbocycles. The van der Waals surface area contributed by atoms with E-state index < -0.39 is 6.10 Å². The van der Waals surface area contributed by atoms with Crippen LogP contribution >= 0.6 is 0 Å². The van der Waals surface area contributed by atoms with Crippen LogP contribution in [0.4, 0.5) is 0 Å². The molecule has 0 heterocycles. The highest BCUT2D eigenvalue weighted by Gasteiger charge is 2.19. The van der Waals surface area contributed by atoms with Gasteiger partial charge in [0.2, 0.25) is 0 Å². The summed E-state index contributed by atoms with van der Waals surface area (Å²) in [5.74, 6) is -0.0107. The quantitative estimate of drug-likeness (QED) is 0.0344. The molecule has 0 rings (SSSR count). The molecule has 0 fully saturated rings. The number of hydrogen-bond acceptors (Lipinski definition) is 6. The van der Waals surface area contributed by atoms with Crippen LogP contribution in [0, 0.1) is 5.92 Å². The van der Waals surface area contributed by atoms with Gasteiger partial charge in [0.1, 0.15) is 13.2 Å². The molecule has 0 radical (unpaired) electrons. The Hall–Kier alpha value is -1.59. The predicted octanol–water partition coefficient (Wildman–Crippen LogP) is 18.6. The largest absolute Gasteiger partial charge is 0.462 e. The third kappa shape index (κ3) is 51.3. The average Bonchev–Trinajstić information content (AvgIpc) is 3.27. The Balaban J connectivity index is 4.27. The first-order chi connectivity index (χ1) is 30.9. The first-order valence-electron chi connectivity index (χ1n) is 28.4. The summed E-state index contributed by atoms with van der Waals surface area (Å²) < 4.78 is 16.9. The third-order valence-corrected chi connectivity index (χ3v) is 13.0. The Morgan fingerprint density at radius 1 is 0.302 bits per heavy atom. The van der Waals surface area contributed by atoms with E-state index >= 15 is 0 Å². The van der Waals surface area contributed by atoms with Gasteiger partial charge in [-0.05, 0) is 25.2 Å². The maximum atomic E-state index is 12.8. The smallest absolute Gasteiger partial charge is 0.306 e. The van der Waals surface area contributed by atoms with E-state index in [9.17, 15) is 14.4 Å². The van der Waals surface area contributed by atoms with Crippen LogP contribution in [0.5, 0.6) is 0 Å². The van der Waals surface area contributed by atoms with Crippen LogP contribution in [-0.4, -0.2) is 37.2 Å². The van der Waals surface area contributed by atoms with E-state index in [4.69, 9.17) is 14.2 Å². The van der Waals surface area contributed by atoms with Gasteiger partial charge in [-0.2, -0.15) is 0 Å². The summed E-state index contributed by atoms with van der Waals surface area (Å²) in [4.78, 5) is 38.1. The number of hydrogen-bond donors (Lipinski definition) is 0. The summed E-state index contributed by atoms with van der Waals surface area (Å²) in [7, 11) is 0. The standard InChI is InChI=1S/C57H110O6/c1-5-7-9-11-13-15-17-19-20-21-22-23-25-28-32-36-40-44-48-55(58)61-51-54(63-57(60)50-46-42-38-34-29-24-18-16-14-12-10-8-6-2)52-62-56(59)49-45-41-37-33-30-26-27-31-35-39-43-47-53(3)4/h53-54H,5-52H2,1-4H3/t54-/m0/s1. The summed E-state index contributed by atoms with van der Waals surface area (Å²) in [5.41, 5.74) is 0. The number of esters is 3. The fourth-order valence-electron chi connectivity index (χ4n) is 8.75. The van der Waals surface area contributed by atoms with Crippen LogP contribution in [0.25, 0.3) is 0 Å². The number of carbonyl (C=O) groups is 3. The van der Waals surface area contributed by atoms with Gasteiger partial charge in [0.05, 0.1) is 0 Å². The van der Waals surface area contributed by atoms with Gasteiger partial charge in [-0.3, -0.25) is 14.4 Å². The highest BCUT2D eigenvalue weighted by atomic mass is 16.6. The average molecular weight is 892 g/mol. The van der Waals surface area contributed by atoms with Crippen molar-refractivity contribution < 1.29 is 28.6 Å². The molecular weight excluding hydrogens is 781 g/mol. The van der Waals surface area contributed by atoms with E-state index in [1.54, 1.807) is 0 Å². The van der Waals surface area contributed by atoms with Gasteiger partial charge in [0, 0.05) is 19.3 Å². The molecule has 0 aliphatic rings. The van der Waals surface area contributed by atoms with E-state index in [-0.39, 0.29) is 31.1 Å². The Morgan fingerprint density at radius 2 is 0.524 bits per heavy atom. The second-order valence-electron chi connectivity index (χ2n) is 20.1. The number of carbonyl (C=O) groups excluding carboxylic acids is 3. The summed E-state index contributed by atoms with van der Waals surface area (Å²) in [6.45, 7) is 9.05. The molecule has 1 atom stereocenters. The van der Waals surface area contributed by atoms with Crippen molar-refractivity contribution in [1.29, 1.82) is 0 Å². The van der Waals surface area contributed by atoms with Gasteiger partial charge >= 0.3 is 17.9 Å². The van der Waals surface area contributed by atoms with Crippen LogP contribution in [-0.2, 0) is 28.6 Å². The fourth-order valence-corrected chi connectivity index (χ4v) is 8.75. The van der Waals surface area contributed by atoms with Crippen LogP contribution < -0.4 is 0 Å². The van der Waals surface area contributed by atoms with Crippen LogP contribution in [0.15, 0.2) is 0 Å². The van der Waals surface area contributed by atoms with E-state index in [0.717, 1.165) is 63.7 Å². The van der Waals surface area contributed by atoms with E-state index in [1.807, 2.05) is 0 Å². The SMILES string of the molecule is CCCCCCCCCCCCCCCCCCCCC(=O)OC[C@@H](COC(=O)CCCCCCCCCCCCCC(C)C)OC(=O)CCCCCCCCCCCCCCC. The van der Waals surface area contributed by atoms with Crippen molar-refractivity contribution in [2.24, 2.45) is 5.92 Å². The normalized spacial score (nSPS) is 12.0. The maximum Gasteiger partial charge on any atom is 0.306 e. The van der Waals surface area contributed by atoms with Crippen LogP contribution in [0.1, 0.15) is 323 Å². The molecule has 0 amide bonds. The molecule has 0 unspecified atom stereocenters. The second kappa shape index (κ2) is 51.4. The molecule has 0 aromatic heterocycles. The van der Waals surface area contributed by atoms with Gasteiger partial charge in [-0.15, -0.1) is 0 Å². The molecule has 0 N–H and O–H groups in total. The third-order valence-electron chi connectivity index (χ3n) is 13.0. The number of unbranched alkanes of at least 4 members (excludes halogenated alkanes) is 39. The first kappa shape index (κ1) is 61.4. The Labute approximate surface area is 393 Å². The minimum atomic E-state index is -0.761. The second-order valence-corrected chi connectivity index (χ2v) is 20.1. The zero-order valence-electron chi connectivity index (χ0n) is 43.0. The van der Waals surface area contributed by atoms with E-state index in [1.165, 1.54) is 218 Å². The minimum absolute atomic E-state index is 0.0621. The molecule has 6 heteroatoms. The fraction of sp³-hybridized carbons (Fsp3) is 0.947. The lowest BCUT2D eigenvalue weighted by atomic mass is 10.0. The van der Waals surface area contributed by atoms with Crippen molar-refractivity contribution in [3.63, 3.8) is 0 Å². The van der Waals surface area contributed by atoms with Gasteiger partial charge in [-0.1, -0.05) is 285 Å². The zero-order valence-corrected chi connectivity index (χ0v) is 43.0. The lowest BCUT2D eigenvalue weighted by molar-refractivity contribution is -0.167. The summed E-state index contributed by atoms with van der Waals surface area (Å²) in [6.07, 6.45) is 55.2. The summed E-state index contributed by atoms with van der Waals surface area (Å²) in [5, 5.41) is 0. The van der Waals surface area contributed by atoms with Crippen molar-refractivity contribution in [3.05, 3.63) is 0 Å². The van der Waals surface area contributed by atoms with Gasteiger partial charge in [0.15, 0.2) is 6.10 Å². The summed E-state index contributed by atoms with van der Waals surface area (Å²) in [6, 6.07) is 0. The molecule has 374 valence electrons. The first-order valence-corrected chi connectivity index (χ1v) is 28.4. The molecule has 6 nitrogen and oxygen atoms in total. The van der Waals surface area contributed by atoms with Crippen molar-refractivity contribution in [2.75, 3.05) is 13.2 Å². The monoisotopic (exact) mass is 891 g/mol. The van der Waals surface area contributed by atoms with Crippen LogP contribution in [0.3, 0.4) is 0 Å². The summed E-state index contributed by atoms with van der Waals surface area (Å²) >= 11 is 0. The molecule has 0 aromatic carbocycles. The highest BCUT2D eigenvalue weighted by molar-refractivity contribution is 5.71. The molecular formula is C57H110O6. The number of ether oxygens (including phenoxy) is 3. The van der Waals surface area contributed by atoms with E-state index in [0.29, 0.717) is 19.3 Å². The molecule has 0 saturated carbocycles. The molecule has 0 saturated heterocycles. The van der Waals surface area contributed by atoms with Gasteiger partial charge in [-0.25, -0.2) is 0 Å². The zero-order chi connectivity index (χ0) is 45.9. The molecule has 0 aliphatic heterocycles. The predicted molar refractivity (Wildman–Crippen MR) is 270 cm³/mol. The molecule has 0 aromatic rings. The minimum Gasteiger partial charge on any atom is -0.462 e. The lowest BCUT2D eigenvalue weighted by Gasteiger charge is -2.18.